The molecule has 0 aliphatic rings. The summed E-state index contributed by atoms with van der Waals surface area (Å²) >= 11 is 0. The Bertz CT molecular complexity index is 808. The highest BCUT2D eigenvalue weighted by Crippen LogP contribution is 2.20. The summed E-state index contributed by atoms with van der Waals surface area (Å²) in [5.41, 5.74) is 0.696. The van der Waals surface area contributed by atoms with Gasteiger partial charge >= 0.3 is 0 Å². The van der Waals surface area contributed by atoms with Gasteiger partial charge in [-0.2, -0.15) is 0 Å². The zero-order valence-electron chi connectivity index (χ0n) is 14.6. The van der Waals surface area contributed by atoms with Crippen molar-refractivity contribution in [1.82, 2.24) is 9.88 Å². The van der Waals surface area contributed by atoms with Gasteiger partial charge in [0.1, 0.15) is 11.6 Å². The third-order valence-electron chi connectivity index (χ3n) is 3.53. The lowest BCUT2D eigenvalue weighted by Gasteiger charge is -2.12. The van der Waals surface area contributed by atoms with Crippen LogP contribution in [0.5, 0.6) is 0 Å². The first-order chi connectivity index (χ1) is 11.8. The maximum absolute atomic E-state index is 13.1. The van der Waals surface area contributed by atoms with Crippen molar-refractivity contribution >= 4 is 21.5 Å². The SMILES string of the molecule is Cc1cc(F)ccc1S(=O)(=O)Nc1ccc(NCCCN(C)C)nc1. The Kier molecular flexibility index (Phi) is 6.33. The normalized spacial score (nSPS) is 11.6. The fraction of sp³-hybridized carbons (Fsp3) is 0.353. The van der Waals surface area contributed by atoms with Crippen molar-refractivity contribution in [3.63, 3.8) is 0 Å². The van der Waals surface area contributed by atoms with Crippen LogP contribution in [-0.4, -0.2) is 45.5 Å². The summed E-state index contributed by atoms with van der Waals surface area (Å²) in [6.45, 7) is 3.31. The molecule has 1 aromatic carbocycles. The van der Waals surface area contributed by atoms with E-state index >= 15 is 0 Å². The zero-order chi connectivity index (χ0) is 18.4. The largest absolute Gasteiger partial charge is 0.370 e. The van der Waals surface area contributed by atoms with E-state index in [0.29, 0.717) is 17.1 Å². The zero-order valence-corrected chi connectivity index (χ0v) is 15.4. The second-order valence-electron chi connectivity index (χ2n) is 6.03. The number of benzene rings is 1. The van der Waals surface area contributed by atoms with Gasteiger partial charge in [0.25, 0.3) is 10.0 Å². The van der Waals surface area contributed by atoms with Gasteiger partial charge in [0.2, 0.25) is 0 Å². The summed E-state index contributed by atoms with van der Waals surface area (Å²) in [6.07, 6.45) is 2.43. The van der Waals surface area contributed by atoms with Crippen molar-refractivity contribution in [2.75, 3.05) is 37.2 Å². The topological polar surface area (TPSA) is 74.3 Å². The monoisotopic (exact) mass is 366 g/mol. The molecule has 2 N–H and O–H groups in total. The minimum atomic E-state index is -3.79. The summed E-state index contributed by atoms with van der Waals surface area (Å²) < 4.78 is 40.4. The standard InChI is InChI=1S/C17H23FN4O2S/c1-13-11-14(18)5-7-16(13)25(23,24)21-15-6-8-17(20-12-15)19-9-4-10-22(2)3/h5-8,11-12,21H,4,9-10H2,1-3H3,(H,19,20). The number of nitrogens with zero attached hydrogens (tertiary/aromatic N) is 2. The van der Waals surface area contributed by atoms with Gasteiger partial charge in [-0.15, -0.1) is 0 Å². The Hall–Kier alpha value is -2.19. The van der Waals surface area contributed by atoms with Crippen LogP contribution in [0.1, 0.15) is 12.0 Å². The van der Waals surface area contributed by atoms with E-state index in [1.807, 2.05) is 14.1 Å². The smallest absolute Gasteiger partial charge is 0.262 e. The van der Waals surface area contributed by atoms with E-state index in [2.05, 4.69) is 19.9 Å². The average molecular weight is 366 g/mol. The minimum absolute atomic E-state index is 0.0415. The van der Waals surface area contributed by atoms with Crippen LogP contribution in [0.25, 0.3) is 0 Å². The van der Waals surface area contributed by atoms with Crippen LogP contribution in [-0.2, 0) is 10.0 Å². The second-order valence-corrected chi connectivity index (χ2v) is 7.68. The fourth-order valence-corrected chi connectivity index (χ4v) is 3.57. The van der Waals surface area contributed by atoms with Gasteiger partial charge in [0.05, 0.1) is 16.8 Å². The van der Waals surface area contributed by atoms with Crippen molar-refractivity contribution in [2.24, 2.45) is 0 Å². The molecule has 0 spiro atoms. The number of aromatic nitrogens is 1. The van der Waals surface area contributed by atoms with Crippen LogP contribution in [0.15, 0.2) is 41.4 Å². The maximum atomic E-state index is 13.1. The number of halogens is 1. The average Bonchev–Trinajstić information content (AvgIpc) is 2.52. The van der Waals surface area contributed by atoms with Gasteiger partial charge in [0.15, 0.2) is 0 Å². The molecule has 6 nitrogen and oxygen atoms in total. The van der Waals surface area contributed by atoms with E-state index in [1.54, 1.807) is 19.1 Å². The molecule has 0 unspecified atom stereocenters. The van der Waals surface area contributed by atoms with Gasteiger partial charge in [-0.3, -0.25) is 4.72 Å². The Labute approximate surface area is 148 Å². The van der Waals surface area contributed by atoms with Crippen molar-refractivity contribution in [2.45, 2.75) is 18.2 Å². The molecule has 0 bridgehead atoms. The predicted octanol–water partition coefficient (Wildman–Crippen LogP) is 2.69. The molecule has 0 fully saturated rings. The van der Waals surface area contributed by atoms with E-state index in [4.69, 9.17) is 0 Å². The quantitative estimate of drug-likeness (QED) is 0.703. The van der Waals surface area contributed by atoms with Crippen molar-refractivity contribution in [3.05, 3.63) is 47.9 Å². The molecule has 0 aliphatic heterocycles. The molecule has 0 atom stereocenters. The van der Waals surface area contributed by atoms with Gasteiger partial charge < -0.3 is 10.2 Å². The third-order valence-corrected chi connectivity index (χ3v) is 5.07. The van der Waals surface area contributed by atoms with Gasteiger partial charge in [-0.1, -0.05) is 0 Å². The number of nitrogens with one attached hydrogen (secondary N) is 2. The summed E-state index contributed by atoms with van der Waals surface area (Å²) in [7, 11) is 0.245. The molecular weight excluding hydrogens is 343 g/mol. The van der Waals surface area contributed by atoms with E-state index in [1.165, 1.54) is 18.3 Å². The number of rotatable bonds is 8. The van der Waals surface area contributed by atoms with Crippen molar-refractivity contribution in [3.8, 4) is 0 Å². The minimum Gasteiger partial charge on any atom is -0.370 e. The lowest BCUT2D eigenvalue weighted by molar-refractivity contribution is 0.405. The van der Waals surface area contributed by atoms with E-state index < -0.39 is 15.8 Å². The first-order valence-electron chi connectivity index (χ1n) is 7.91. The first-order valence-corrected chi connectivity index (χ1v) is 9.40. The molecule has 0 saturated carbocycles. The van der Waals surface area contributed by atoms with E-state index in [9.17, 15) is 12.8 Å². The molecule has 0 amide bonds. The first kappa shape index (κ1) is 19.1. The summed E-state index contributed by atoms with van der Waals surface area (Å²) in [6, 6.07) is 6.91. The number of sulfonamides is 1. The molecule has 0 radical (unpaired) electrons. The summed E-state index contributed by atoms with van der Waals surface area (Å²) in [5, 5.41) is 3.18. The molecule has 1 aromatic heterocycles. The molecule has 25 heavy (non-hydrogen) atoms. The molecule has 2 aromatic rings. The molecule has 1 heterocycles. The highest BCUT2D eigenvalue weighted by atomic mass is 32.2. The number of pyridine rings is 1. The molecule has 2 rings (SSSR count). The van der Waals surface area contributed by atoms with E-state index in [-0.39, 0.29) is 4.90 Å². The molecule has 0 saturated heterocycles. The van der Waals surface area contributed by atoms with Crippen molar-refractivity contribution in [1.29, 1.82) is 0 Å². The van der Waals surface area contributed by atoms with Crippen LogP contribution in [0.3, 0.4) is 0 Å². The number of hydrogen-bond donors (Lipinski definition) is 2. The third kappa shape index (κ3) is 5.68. The Morgan fingerprint density at radius 1 is 1.20 bits per heavy atom. The van der Waals surface area contributed by atoms with Crippen LogP contribution in [0.4, 0.5) is 15.9 Å². The Balaban J connectivity index is 2.00. The number of aryl methyl sites for hydroxylation is 1. The second kappa shape index (κ2) is 8.26. The lowest BCUT2D eigenvalue weighted by Crippen LogP contribution is -2.17. The molecule has 8 heteroatoms. The van der Waals surface area contributed by atoms with Crippen LogP contribution in [0, 0.1) is 12.7 Å². The van der Waals surface area contributed by atoms with Crippen LogP contribution >= 0.6 is 0 Å². The highest BCUT2D eigenvalue weighted by Gasteiger charge is 2.17. The van der Waals surface area contributed by atoms with Gasteiger partial charge in [0, 0.05) is 6.54 Å². The Morgan fingerprint density at radius 2 is 1.96 bits per heavy atom. The van der Waals surface area contributed by atoms with Crippen LogP contribution in [0.2, 0.25) is 0 Å². The molecule has 0 aliphatic carbocycles. The predicted molar refractivity (Wildman–Crippen MR) is 97.8 cm³/mol. The van der Waals surface area contributed by atoms with Crippen molar-refractivity contribution < 1.29 is 12.8 Å². The maximum Gasteiger partial charge on any atom is 0.262 e. The van der Waals surface area contributed by atoms with Gasteiger partial charge in [-0.05, 0) is 69.9 Å². The molecular formula is C17H23FN4O2S. The molecule has 136 valence electrons. The highest BCUT2D eigenvalue weighted by molar-refractivity contribution is 7.92. The number of anilines is 2. The number of hydrogen-bond acceptors (Lipinski definition) is 5. The fourth-order valence-electron chi connectivity index (χ4n) is 2.30. The van der Waals surface area contributed by atoms with Crippen LogP contribution < -0.4 is 10.0 Å². The van der Waals surface area contributed by atoms with E-state index in [0.717, 1.165) is 25.6 Å². The van der Waals surface area contributed by atoms with Gasteiger partial charge in [-0.25, -0.2) is 17.8 Å². The Morgan fingerprint density at radius 3 is 2.56 bits per heavy atom. The summed E-state index contributed by atoms with van der Waals surface area (Å²) in [5.74, 6) is 0.211. The summed E-state index contributed by atoms with van der Waals surface area (Å²) in [4.78, 5) is 6.34. The lowest BCUT2D eigenvalue weighted by atomic mass is 10.2.